The summed E-state index contributed by atoms with van der Waals surface area (Å²) in [6.07, 6.45) is 2.02. The van der Waals surface area contributed by atoms with Gasteiger partial charge in [-0.2, -0.15) is 0 Å². The summed E-state index contributed by atoms with van der Waals surface area (Å²) in [4.78, 5) is 15.4. The third kappa shape index (κ3) is 5.04. The number of aromatic nitrogens is 1. The standard InChI is InChI=1S/C27H25ClN2O2/c1-32-26-16-8-6-14-24(26)27(31)30(18-21-10-3-2-4-11-21)20-23-13-9-17-29(23)19-22-12-5-7-15-25(22)28/h2-17H,18-20H2,1H3. The number of para-hydroxylation sites is 1. The lowest BCUT2D eigenvalue weighted by molar-refractivity contribution is 0.0723. The summed E-state index contributed by atoms with van der Waals surface area (Å²) >= 11 is 6.38. The summed E-state index contributed by atoms with van der Waals surface area (Å²) in [5.41, 5.74) is 3.69. The molecule has 3 aromatic carbocycles. The summed E-state index contributed by atoms with van der Waals surface area (Å²) in [6, 6.07) is 29.2. The van der Waals surface area contributed by atoms with Gasteiger partial charge >= 0.3 is 0 Å². The Morgan fingerprint density at radius 3 is 2.38 bits per heavy atom. The molecule has 4 aromatic rings. The lowest BCUT2D eigenvalue weighted by atomic mass is 10.1. The van der Waals surface area contributed by atoms with E-state index in [0.29, 0.717) is 30.9 Å². The Hall–Kier alpha value is -3.50. The zero-order chi connectivity index (χ0) is 22.3. The van der Waals surface area contributed by atoms with Crippen LogP contribution in [0.1, 0.15) is 27.2 Å². The zero-order valence-electron chi connectivity index (χ0n) is 17.9. The predicted octanol–water partition coefficient (Wildman–Crippen LogP) is 6.04. The van der Waals surface area contributed by atoms with Crippen molar-refractivity contribution in [3.8, 4) is 5.75 Å². The molecule has 0 aliphatic heterocycles. The number of rotatable bonds is 8. The van der Waals surface area contributed by atoms with Crippen molar-refractivity contribution in [1.82, 2.24) is 9.47 Å². The fraction of sp³-hybridized carbons (Fsp3) is 0.148. The minimum absolute atomic E-state index is 0.0724. The Balaban J connectivity index is 1.64. The first-order chi connectivity index (χ1) is 15.7. The molecule has 0 radical (unpaired) electrons. The van der Waals surface area contributed by atoms with Gasteiger partial charge in [-0.15, -0.1) is 0 Å². The topological polar surface area (TPSA) is 34.5 Å². The first kappa shape index (κ1) is 21.7. The number of hydrogen-bond donors (Lipinski definition) is 0. The summed E-state index contributed by atoms with van der Waals surface area (Å²) in [6.45, 7) is 1.60. The number of nitrogens with zero attached hydrogens (tertiary/aromatic N) is 2. The fourth-order valence-corrected chi connectivity index (χ4v) is 3.94. The van der Waals surface area contributed by atoms with E-state index < -0.39 is 0 Å². The molecular weight excluding hydrogens is 420 g/mol. The van der Waals surface area contributed by atoms with Crippen LogP contribution in [0.15, 0.2) is 97.2 Å². The summed E-state index contributed by atoms with van der Waals surface area (Å²) < 4.78 is 7.58. The van der Waals surface area contributed by atoms with E-state index >= 15 is 0 Å². The second-order valence-electron chi connectivity index (χ2n) is 7.57. The summed E-state index contributed by atoms with van der Waals surface area (Å²) in [5, 5.41) is 0.735. The Morgan fingerprint density at radius 1 is 0.875 bits per heavy atom. The van der Waals surface area contributed by atoms with Crippen LogP contribution in [0.25, 0.3) is 0 Å². The predicted molar refractivity (Wildman–Crippen MR) is 128 cm³/mol. The largest absolute Gasteiger partial charge is 0.496 e. The minimum atomic E-state index is -0.0724. The Kier molecular flexibility index (Phi) is 6.93. The molecule has 4 rings (SSSR count). The van der Waals surface area contributed by atoms with Crippen LogP contribution < -0.4 is 4.74 Å². The van der Waals surface area contributed by atoms with Gasteiger partial charge in [-0.25, -0.2) is 0 Å². The number of benzene rings is 3. The normalized spacial score (nSPS) is 10.7. The van der Waals surface area contributed by atoms with Crippen LogP contribution in [-0.4, -0.2) is 22.5 Å². The van der Waals surface area contributed by atoms with E-state index in [1.54, 1.807) is 7.11 Å². The Morgan fingerprint density at radius 2 is 1.59 bits per heavy atom. The van der Waals surface area contributed by atoms with Crippen LogP contribution >= 0.6 is 11.6 Å². The van der Waals surface area contributed by atoms with Gasteiger partial charge in [0.2, 0.25) is 0 Å². The maximum Gasteiger partial charge on any atom is 0.258 e. The molecule has 0 spiro atoms. The molecule has 0 fully saturated rings. The van der Waals surface area contributed by atoms with Crippen LogP contribution in [0.2, 0.25) is 5.02 Å². The van der Waals surface area contributed by atoms with E-state index in [1.807, 2.05) is 102 Å². The van der Waals surface area contributed by atoms with Crippen LogP contribution in [0, 0.1) is 0 Å². The van der Waals surface area contributed by atoms with Gasteiger partial charge in [0.05, 0.1) is 19.2 Å². The number of carbonyl (C=O) groups excluding carboxylic acids is 1. The van der Waals surface area contributed by atoms with Crippen LogP contribution in [0.5, 0.6) is 5.75 Å². The Bertz CT molecular complexity index is 1190. The maximum atomic E-state index is 13.6. The molecule has 162 valence electrons. The second kappa shape index (κ2) is 10.2. The summed E-state index contributed by atoms with van der Waals surface area (Å²) in [5.74, 6) is 0.499. The van der Waals surface area contributed by atoms with Gasteiger partial charge in [-0.05, 0) is 41.5 Å². The third-order valence-corrected chi connectivity index (χ3v) is 5.78. The highest BCUT2D eigenvalue weighted by Crippen LogP contribution is 2.23. The first-order valence-electron chi connectivity index (χ1n) is 10.5. The molecule has 0 aliphatic carbocycles. The van der Waals surface area contributed by atoms with Crippen molar-refractivity contribution in [2.24, 2.45) is 0 Å². The molecule has 1 aromatic heterocycles. The van der Waals surface area contributed by atoms with E-state index in [0.717, 1.165) is 21.8 Å². The Labute approximate surface area is 193 Å². The van der Waals surface area contributed by atoms with Crippen LogP contribution in [-0.2, 0) is 19.6 Å². The van der Waals surface area contributed by atoms with E-state index in [-0.39, 0.29) is 5.91 Å². The van der Waals surface area contributed by atoms with E-state index in [9.17, 15) is 4.79 Å². The first-order valence-corrected chi connectivity index (χ1v) is 10.9. The van der Waals surface area contributed by atoms with Gasteiger partial charge < -0.3 is 14.2 Å². The number of carbonyl (C=O) groups is 1. The van der Waals surface area contributed by atoms with Crippen molar-refractivity contribution < 1.29 is 9.53 Å². The molecule has 0 aliphatic rings. The lowest BCUT2D eigenvalue weighted by Gasteiger charge is -2.25. The van der Waals surface area contributed by atoms with Gasteiger partial charge in [0.1, 0.15) is 5.75 Å². The highest BCUT2D eigenvalue weighted by molar-refractivity contribution is 6.31. The zero-order valence-corrected chi connectivity index (χ0v) is 18.7. The molecule has 1 heterocycles. The maximum absolute atomic E-state index is 13.6. The second-order valence-corrected chi connectivity index (χ2v) is 7.97. The quantitative estimate of drug-likeness (QED) is 0.332. The molecule has 0 N–H and O–H groups in total. The number of methoxy groups -OCH3 is 1. The average molecular weight is 445 g/mol. The lowest BCUT2D eigenvalue weighted by Crippen LogP contribution is -2.31. The smallest absolute Gasteiger partial charge is 0.258 e. The van der Waals surface area contributed by atoms with E-state index in [4.69, 9.17) is 16.3 Å². The van der Waals surface area contributed by atoms with E-state index in [1.165, 1.54) is 0 Å². The number of halogens is 1. The molecule has 32 heavy (non-hydrogen) atoms. The third-order valence-electron chi connectivity index (χ3n) is 5.42. The molecule has 0 bridgehead atoms. The van der Waals surface area contributed by atoms with Gasteiger partial charge in [0, 0.05) is 30.0 Å². The van der Waals surface area contributed by atoms with E-state index in [2.05, 4.69) is 4.57 Å². The minimum Gasteiger partial charge on any atom is -0.496 e. The van der Waals surface area contributed by atoms with Gasteiger partial charge in [0.25, 0.3) is 5.91 Å². The number of amides is 1. The molecule has 0 saturated heterocycles. The molecule has 1 amide bonds. The van der Waals surface area contributed by atoms with Crippen molar-refractivity contribution in [1.29, 1.82) is 0 Å². The molecule has 0 saturated carbocycles. The van der Waals surface area contributed by atoms with Gasteiger partial charge in [-0.3, -0.25) is 4.79 Å². The SMILES string of the molecule is COc1ccccc1C(=O)N(Cc1ccccc1)Cc1cccn1Cc1ccccc1Cl. The van der Waals surface area contributed by atoms with Crippen molar-refractivity contribution in [2.75, 3.05) is 7.11 Å². The van der Waals surface area contributed by atoms with Gasteiger partial charge in [-0.1, -0.05) is 72.3 Å². The van der Waals surface area contributed by atoms with Crippen molar-refractivity contribution >= 4 is 17.5 Å². The molecule has 5 heteroatoms. The van der Waals surface area contributed by atoms with Crippen molar-refractivity contribution in [2.45, 2.75) is 19.6 Å². The summed E-state index contributed by atoms with van der Waals surface area (Å²) in [7, 11) is 1.59. The number of hydrogen-bond acceptors (Lipinski definition) is 2. The van der Waals surface area contributed by atoms with Gasteiger partial charge in [0.15, 0.2) is 0 Å². The van der Waals surface area contributed by atoms with Crippen molar-refractivity contribution in [3.63, 3.8) is 0 Å². The van der Waals surface area contributed by atoms with Crippen LogP contribution in [0.4, 0.5) is 0 Å². The molecule has 0 unspecified atom stereocenters. The fourth-order valence-electron chi connectivity index (χ4n) is 3.75. The average Bonchev–Trinajstić information content (AvgIpc) is 3.27. The van der Waals surface area contributed by atoms with Crippen molar-refractivity contribution in [3.05, 3.63) is 125 Å². The highest BCUT2D eigenvalue weighted by Gasteiger charge is 2.21. The monoisotopic (exact) mass is 444 g/mol. The number of ether oxygens (including phenoxy) is 1. The highest BCUT2D eigenvalue weighted by atomic mass is 35.5. The molecular formula is C27H25ClN2O2. The molecule has 0 atom stereocenters. The molecule has 4 nitrogen and oxygen atoms in total. The van der Waals surface area contributed by atoms with Crippen LogP contribution in [0.3, 0.4) is 0 Å².